The molecule has 31 heavy (non-hydrogen) atoms. The molecule has 1 aromatic carbocycles. The summed E-state index contributed by atoms with van der Waals surface area (Å²) < 4.78 is 2.78. The molecule has 2 atom stereocenters. The fraction of sp³-hybridized carbons (Fsp3) is 0.704. The Morgan fingerprint density at radius 3 is 2.23 bits per heavy atom. The minimum atomic E-state index is -1.77. The van der Waals surface area contributed by atoms with Crippen LogP contribution >= 0.6 is 0 Å². The van der Waals surface area contributed by atoms with Gasteiger partial charge in [-0.25, -0.2) is 0 Å². The summed E-state index contributed by atoms with van der Waals surface area (Å²) in [6.07, 6.45) is 7.78. The number of nitrogens with one attached hydrogen (secondary N) is 1. The number of benzene rings is 1. The maximum absolute atomic E-state index is 3.97. The van der Waals surface area contributed by atoms with E-state index in [-0.39, 0.29) is 5.54 Å². The molecule has 3 nitrogen and oxygen atoms in total. The lowest BCUT2D eigenvalue weighted by Gasteiger charge is -2.52. The average Bonchev–Trinajstić information content (AvgIpc) is 3.09. The van der Waals surface area contributed by atoms with E-state index in [0.29, 0.717) is 28.7 Å². The highest BCUT2D eigenvalue weighted by molar-refractivity contribution is 6.82. The number of piperazine rings is 1. The minimum absolute atomic E-state index is 0.155. The lowest BCUT2D eigenvalue weighted by Crippen LogP contribution is -2.67. The van der Waals surface area contributed by atoms with Crippen molar-refractivity contribution in [1.82, 2.24) is 9.55 Å². The largest absolute Gasteiger partial charge is 0.373 e. The molecular weight excluding hydrogens is 394 g/mol. The lowest BCUT2D eigenvalue weighted by atomic mass is 9.83. The van der Waals surface area contributed by atoms with Gasteiger partial charge in [0.05, 0.1) is 0 Å². The Morgan fingerprint density at radius 1 is 0.935 bits per heavy atom. The van der Waals surface area contributed by atoms with Gasteiger partial charge in [0.15, 0.2) is 8.24 Å². The minimum Gasteiger partial charge on any atom is -0.373 e. The highest BCUT2D eigenvalue weighted by atomic mass is 28.3. The van der Waals surface area contributed by atoms with Crippen molar-refractivity contribution in [3.8, 4) is 0 Å². The first-order valence-electron chi connectivity index (χ1n) is 12.7. The first-order chi connectivity index (χ1) is 14.6. The van der Waals surface area contributed by atoms with Crippen LogP contribution in [0.4, 0.5) is 5.69 Å². The molecule has 1 saturated heterocycles. The van der Waals surface area contributed by atoms with Crippen LogP contribution < -0.4 is 10.2 Å². The number of hydrogen-bond acceptors (Lipinski definition) is 2. The van der Waals surface area contributed by atoms with Gasteiger partial charge in [0.25, 0.3) is 0 Å². The highest BCUT2D eigenvalue weighted by Crippen LogP contribution is 2.45. The van der Waals surface area contributed by atoms with Crippen molar-refractivity contribution in [3.63, 3.8) is 0 Å². The van der Waals surface area contributed by atoms with Gasteiger partial charge < -0.3 is 14.4 Å². The Hall–Kier alpha value is -1.26. The predicted octanol–water partition coefficient (Wildman–Crippen LogP) is 7.16. The Kier molecular flexibility index (Phi) is 6.11. The molecule has 0 bridgehead atoms. The standard InChI is InChI=1S/C27H45N3Si/c1-19(2)31(20(3)4,21(5)6)30-16-15-22-13-14-23(17-26(22)30)29-18-27(7,8)28-24-11-9-10-12-25(24)29/h13-17,19-21,24-25,28H,9-12,18H2,1-8H3. The fourth-order valence-electron chi connectivity index (χ4n) is 7.49. The SMILES string of the molecule is CC(C)[Si](C(C)C)(C(C)C)n1ccc2ccc(N3CC(C)(C)NC4CCCCC43)cc21. The van der Waals surface area contributed by atoms with Crippen molar-refractivity contribution in [2.75, 3.05) is 11.4 Å². The summed E-state index contributed by atoms with van der Waals surface area (Å²) in [4.78, 5) is 2.75. The van der Waals surface area contributed by atoms with Crippen molar-refractivity contribution in [2.45, 2.75) is 115 Å². The average molecular weight is 440 g/mol. The number of hydrogen-bond donors (Lipinski definition) is 1. The monoisotopic (exact) mass is 439 g/mol. The van der Waals surface area contributed by atoms with E-state index in [1.165, 1.54) is 42.3 Å². The van der Waals surface area contributed by atoms with Crippen molar-refractivity contribution in [2.24, 2.45) is 0 Å². The molecule has 2 aliphatic rings. The molecule has 1 N–H and O–H groups in total. The maximum Gasteiger partial charge on any atom is 0.169 e. The third-order valence-electron chi connectivity index (χ3n) is 8.47. The lowest BCUT2D eigenvalue weighted by molar-refractivity contribution is 0.199. The summed E-state index contributed by atoms with van der Waals surface area (Å²) in [5, 5.41) is 5.37. The van der Waals surface area contributed by atoms with Gasteiger partial charge in [0, 0.05) is 35.4 Å². The van der Waals surface area contributed by atoms with Crippen LogP contribution in [0.25, 0.3) is 10.9 Å². The van der Waals surface area contributed by atoms with Crippen LogP contribution in [0.3, 0.4) is 0 Å². The van der Waals surface area contributed by atoms with Gasteiger partial charge in [-0.1, -0.05) is 60.5 Å². The van der Waals surface area contributed by atoms with Gasteiger partial charge in [-0.2, -0.15) is 0 Å². The summed E-state index contributed by atoms with van der Waals surface area (Å²) in [5.41, 5.74) is 5.15. The summed E-state index contributed by atoms with van der Waals surface area (Å²) in [5.74, 6) is 0. The summed E-state index contributed by atoms with van der Waals surface area (Å²) >= 11 is 0. The molecule has 4 heteroatoms. The Morgan fingerprint density at radius 2 is 1.58 bits per heavy atom. The van der Waals surface area contributed by atoms with Crippen molar-refractivity contribution in [1.29, 1.82) is 0 Å². The van der Waals surface area contributed by atoms with E-state index in [1.54, 1.807) is 0 Å². The summed E-state index contributed by atoms with van der Waals surface area (Å²) in [6.45, 7) is 20.6. The number of anilines is 1. The second-order valence-corrected chi connectivity index (χ2v) is 17.6. The van der Waals surface area contributed by atoms with Crippen molar-refractivity contribution >= 4 is 24.8 Å². The van der Waals surface area contributed by atoms with E-state index in [1.807, 2.05) is 0 Å². The molecule has 1 aromatic heterocycles. The third-order valence-corrected chi connectivity index (χ3v) is 15.2. The molecular formula is C27H45N3Si. The molecule has 2 heterocycles. The molecule has 1 aliphatic heterocycles. The number of rotatable bonds is 5. The van der Waals surface area contributed by atoms with E-state index in [9.17, 15) is 0 Å². The Balaban J connectivity index is 1.83. The van der Waals surface area contributed by atoms with Gasteiger partial charge in [-0.05, 0) is 73.1 Å². The Labute approximate surface area is 191 Å². The second-order valence-electron chi connectivity index (χ2n) is 11.9. The quantitative estimate of drug-likeness (QED) is 0.499. The van der Waals surface area contributed by atoms with Gasteiger partial charge >= 0.3 is 0 Å². The highest BCUT2D eigenvalue weighted by Gasteiger charge is 2.46. The van der Waals surface area contributed by atoms with Crippen molar-refractivity contribution in [3.05, 3.63) is 30.5 Å². The molecule has 0 spiro atoms. The van der Waals surface area contributed by atoms with Crippen molar-refractivity contribution < 1.29 is 0 Å². The molecule has 1 saturated carbocycles. The maximum atomic E-state index is 3.97. The van der Waals surface area contributed by atoms with E-state index in [4.69, 9.17) is 0 Å². The van der Waals surface area contributed by atoms with Gasteiger partial charge in [-0.3, -0.25) is 0 Å². The number of nitrogens with zero attached hydrogens (tertiary/aromatic N) is 2. The van der Waals surface area contributed by atoms with Crippen LogP contribution in [0.2, 0.25) is 16.6 Å². The number of aromatic nitrogens is 1. The zero-order valence-corrected chi connectivity index (χ0v) is 22.2. The third kappa shape index (κ3) is 3.78. The molecule has 172 valence electrons. The fourth-order valence-corrected chi connectivity index (χ4v) is 14.1. The van der Waals surface area contributed by atoms with Crippen LogP contribution in [0, 0.1) is 0 Å². The smallest absolute Gasteiger partial charge is 0.169 e. The summed E-state index contributed by atoms with van der Waals surface area (Å²) in [6, 6.07) is 10.9. The molecule has 0 amide bonds. The van der Waals surface area contributed by atoms with Crippen LogP contribution in [0.5, 0.6) is 0 Å². The van der Waals surface area contributed by atoms with Crippen LogP contribution in [-0.2, 0) is 0 Å². The predicted molar refractivity (Wildman–Crippen MR) is 139 cm³/mol. The van der Waals surface area contributed by atoms with E-state index >= 15 is 0 Å². The Bertz CT molecular complexity index is 889. The first-order valence-corrected chi connectivity index (χ1v) is 14.9. The molecule has 1 aliphatic carbocycles. The van der Waals surface area contributed by atoms with Gasteiger partial charge in [0.1, 0.15) is 0 Å². The van der Waals surface area contributed by atoms with Crippen LogP contribution in [0.1, 0.15) is 81.1 Å². The first kappa shape index (κ1) is 22.9. The number of fused-ring (bicyclic) bond motifs is 2. The molecule has 2 fully saturated rings. The topological polar surface area (TPSA) is 20.2 Å². The van der Waals surface area contributed by atoms with Crippen LogP contribution in [-0.4, -0.2) is 36.6 Å². The van der Waals surface area contributed by atoms with E-state index in [2.05, 4.69) is 100 Å². The van der Waals surface area contributed by atoms with E-state index < -0.39 is 8.24 Å². The zero-order chi connectivity index (χ0) is 22.6. The molecule has 4 rings (SSSR count). The normalized spacial score (nSPS) is 24.4. The van der Waals surface area contributed by atoms with E-state index in [0.717, 1.165) is 6.54 Å². The molecule has 0 radical (unpaired) electrons. The zero-order valence-electron chi connectivity index (χ0n) is 21.2. The summed E-state index contributed by atoms with van der Waals surface area (Å²) in [7, 11) is -1.77. The van der Waals surface area contributed by atoms with Crippen LogP contribution in [0.15, 0.2) is 30.5 Å². The van der Waals surface area contributed by atoms with Gasteiger partial charge in [-0.15, -0.1) is 0 Å². The molecule has 2 unspecified atom stereocenters. The second kappa shape index (κ2) is 8.26. The van der Waals surface area contributed by atoms with Gasteiger partial charge in [0.2, 0.25) is 0 Å². The molecule has 2 aromatic rings.